The standard InChI is InChI=1S/C26H27ClFN5O/c1-3-33-10-8-17(9-11-33)31-18-5-7-22-19(13-18)24(26(34)32-22)23(25-29-14-15(2)30-25)16-4-6-21(28)20(27)12-16/h4-7,12-14,17,31H,3,8-11H2,1-2H3,(H,29,30)(H,32,34)/b24-23-. The van der Waals surface area contributed by atoms with E-state index in [0.29, 0.717) is 28.6 Å². The lowest BCUT2D eigenvalue weighted by Gasteiger charge is -2.32. The molecule has 0 bridgehead atoms. The lowest BCUT2D eigenvalue weighted by Crippen LogP contribution is -2.38. The molecule has 2 aliphatic rings. The summed E-state index contributed by atoms with van der Waals surface area (Å²) >= 11 is 6.11. The molecule has 3 aromatic rings. The summed E-state index contributed by atoms with van der Waals surface area (Å²) in [6.45, 7) is 7.33. The van der Waals surface area contributed by atoms with E-state index in [1.54, 1.807) is 12.3 Å². The van der Waals surface area contributed by atoms with Crippen molar-refractivity contribution >= 4 is 40.0 Å². The Kier molecular flexibility index (Phi) is 6.15. The van der Waals surface area contributed by atoms with Crippen LogP contribution in [-0.2, 0) is 4.79 Å². The summed E-state index contributed by atoms with van der Waals surface area (Å²) in [5.41, 5.74) is 5.02. The maximum Gasteiger partial charge on any atom is 0.257 e. The highest BCUT2D eigenvalue weighted by Gasteiger charge is 2.31. The first-order valence-corrected chi connectivity index (χ1v) is 12.0. The van der Waals surface area contributed by atoms with Crippen LogP contribution in [0.4, 0.5) is 15.8 Å². The summed E-state index contributed by atoms with van der Waals surface area (Å²) in [7, 11) is 0. The number of imidazole rings is 1. The first-order chi connectivity index (χ1) is 16.4. The molecule has 3 N–H and O–H groups in total. The van der Waals surface area contributed by atoms with Gasteiger partial charge >= 0.3 is 0 Å². The highest BCUT2D eigenvalue weighted by molar-refractivity contribution is 6.38. The Bertz CT molecular complexity index is 1280. The zero-order valence-corrected chi connectivity index (χ0v) is 20.0. The Morgan fingerprint density at radius 1 is 1.24 bits per heavy atom. The molecule has 6 nitrogen and oxygen atoms in total. The second-order valence-corrected chi connectivity index (χ2v) is 9.27. The van der Waals surface area contributed by atoms with Crippen LogP contribution in [0.3, 0.4) is 0 Å². The number of benzene rings is 2. The third-order valence-electron chi connectivity index (χ3n) is 6.57. The average Bonchev–Trinajstić information content (AvgIpc) is 3.40. The third kappa shape index (κ3) is 4.33. The van der Waals surface area contributed by atoms with Gasteiger partial charge in [0, 0.05) is 53.5 Å². The number of aromatic amines is 1. The molecule has 1 fully saturated rings. The number of halogens is 2. The van der Waals surface area contributed by atoms with Crippen LogP contribution in [0.25, 0.3) is 11.1 Å². The fourth-order valence-corrected chi connectivity index (χ4v) is 4.91. The molecule has 0 saturated carbocycles. The molecule has 0 atom stereocenters. The maximum atomic E-state index is 13.9. The molecule has 2 aromatic carbocycles. The Labute approximate surface area is 203 Å². The lowest BCUT2D eigenvalue weighted by molar-refractivity contribution is -0.110. The lowest BCUT2D eigenvalue weighted by atomic mass is 9.94. The first-order valence-electron chi connectivity index (χ1n) is 11.6. The quantitative estimate of drug-likeness (QED) is 0.433. The fourth-order valence-electron chi connectivity index (χ4n) is 4.73. The van der Waals surface area contributed by atoms with Gasteiger partial charge in [0.15, 0.2) is 0 Å². The molecule has 2 aliphatic heterocycles. The van der Waals surface area contributed by atoms with E-state index in [1.165, 1.54) is 12.1 Å². The molecule has 176 valence electrons. The van der Waals surface area contributed by atoms with Crippen LogP contribution in [0.5, 0.6) is 0 Å². The van der Waals surface area contributed by atoms with Gasteiger partial charge in [0.25, 0.3) is 5.91 Å². The summed E-state index contributed by atoms with van der Waals surface area (Å²) in [6, 6.07) is 10.8. The number of aryl methyl sites for hydroxylation is 1. The van der Waals surface area contributed by atoms with Crippen molar-refractivity contribution in [3.05, 3.63) is 76.1 Å². The van der Waals surface area contributed by atoms with E-state index in [9.17, 15) is 9.18 Å². The molecule has 8 heteroatoms. The number of amides is 1. The van der Waals surface area contributed by atoms with E-state index in [0.717, 1.165) is 55.1 Å². The molecule has 0 spiro atoms. The number of carbonyl (C=O) groups is 1. The average molecular weight is 480 g/mol. The van der Waals surface area contributed by atoms with Gasteiger partial charge in [0.2, 0.25) is 0 Å². The van der Waals surface area contributed by atoms with Gasteiger partial charge in [-0.15, -0.1) is 0 Å². The largest absolute Gasteiger partial charge is 0.382 e. The second kappa shape index (κ2) is 9.24. The molecular weight excluding hydrogens is 453 g/mol. The number of nitrogens with one attached hydrogen (secondary N) is 3. The van der Waals surface area contributed by atoms with E-state index in [4.69, 9.17) is 11.6 Å². The van der Waals surface area contributed by atoms with E-state index in [2.05, 4.69) is 32.4 Å². The number of likely N-dealkylation sites (tertiary alicyclic amines) is 1. The number of piperidine rings is 1. The van der Waals surface area contributed by atoms with Crippen molar-refractivity contribution in [2.24, 2.45) is 0 Å². The molecule has 5 rings (SSSR count). The maximum absolute atomic E-state index is 13.9. The zero-order valence-electron chi connectivity index (χ0n) is 19.2. The predicted octanol–water partition coefficient (Wildman–Crippen LogP) is 5.32. The van der Waals surface area contributed by atoms with E-state index in [1.807, 2.05) is 25.1 Å². The Morgan fingerprint density at radius 3 is 2.71 bits per heavy atom. The van der Waals surface area contributed by atoms with Gasteiger partial charge in [-0.1, -0.05) is 24.6 Å². The van der Waals surface area contributed by atoms with Crippen LogP contribution in [-0.4, -0.2) is 46.5 Å². The van der Waals surface area contributed by atoms with Gasteiger partial charge in [0.05, 0.1) is 10.6 Å². The third-order valence-corrected chi connectivity index (χ3v) is 6.86. The van der Waals surface area contributed by atoms with Crippen molar-refractivity contribution in [1.82, 2.24) is 14.9 Å². The van der Waals surface area contributed by atoms with Gasteiger partial charge in [-0.3, -0.25) is 4.79 Å². The number of fused-ring (bicyclic) bond motifs is 1. The highest BCUT2D eigenvalue weighted by atomic mass is 35.5. The predicted molar refractivity (Wildman–Crippen MR) is 134 cm³/mol. The Hall–Kier alpha value is -3.16. The molecule has 0 radical (unpaired) electrons. The van der Waals surface area contributed by atoms with Crippen LogP contribution in [0.15, 0.2) is 42.6 Å². The summed E-state index contributed by atoms with van der Waals surface area (Å²) in [6.07, 6.45) is 3.86. The van der Waals surface area contributed by atoms with Crippen LogP contribution < -0.4 is 10.6 Å². The van der Waals surface area contributed by atoms with Crippen molar-refractivity contribution in [2.75, 3.05) is 30.3 Å². The second-order valence-electron chi connectivity index (χ2n) is 8.86. The normalized spacial score (nSPS) is 18.1. The summed E-state index contributed by atoms with van der Waals surface area (Å²) in [5, 5.41) is 6.60. The number of rotatable bonds is 5. The number of hydrogen-bond acceptors (Lipinski definition) is 4. The molecule has 1 saturated heterocycles. The van der Waals surface area contributed by atoms with E-state index in [-0.39, 0.29) is 10.9 Å². The molecule has 1 amide bonds. The number of anilines is 2. The number of hydrogen-bond donors (Lipinski definition) is 3. The summed E-state index contributed by atoms with van der Waals surface area (Å²) in [5.74, 6) is -0.210. The van der Waals surface area contributed by atoms with Crippen molar-refractivity contribution in [2.45, 2.75) is 32.7 Å². The summed E-state index contributed by atoms with van der Waals surface area (Å²) < 4.78 is 13.9. The van der Waals surface area contributed by atoms with Gasteiger partial charge in [-0.2, -0.15) is 0 Å². The fraction of sp³-hybridized carbons (Fsp3) is 0.308. The minimum atomic E-state index is -0.512. The smallest absolute Gasteiger partial charge is 0.257 e. The Balaban J connectivity index is 1.58. The Morgan fingerprint density at radius 2 is 2.03 bits per heavy atom. The molecule has 3 heterocycles. The van der Waals surface area contributed by atoms with Crippen molar-refractivity contribution in [3.63, 3.8) is 0 Å². The highest BCUT2D eigenvalue weighted by Crippen LogP contribution is 2.41. The molecule has 0 aliphatic carbocycles. The van der Waals surface area contributed by atoms with Gasteiger partial charge in [0.1, 0.15) is 11.6 Å². The van der Waals surface area contributed by atoms with Crippen molar-refractivity contribution < 1.29 is 9.18 Å². The number of carbonyl (C=O) groups excluding carboxylic acids is 1. The SMILES string of the molecule is CCN1CCC(Nc2ccc3c(c2)/C(=C(\c2ccc(F)c(Cl)c2)c2ncc(C)[nH]2)C(=O)N3)CC1. The monoisotopic (exact) mass is 479 g/mol. The van der Waals surface area contributed by atoms with Crippen molar-refractivity contribution in [3.8, 4) is 0 Å². The van der Waals surface area contributed by atoms with Gasteiger partial charge < -0.3 is 20.5 Å². The molecular formula is C26H27ClFN5O. The minimum Gasteiger partial charge on any atom is -0.382 e. The van der Waals surface area contributed by atoms with Gasteiger partial charge in [-0.05, 0) is 62.2 Å². The van der Waals surface area contributed by atoms with Crippen LogP contribution in [0.1, 0.15) is 42.4 Å². The number of H-pyrrole nitrogens is 1. The molecule has 0 unspecified atom stereocenters. The minimum absolute atomic E-state index is 0.00801. The van der Waals surface area contributed by atoms with Crippen molar-refractivity contribution in [1.29, 1.82) is 0 Å². The first kappa shape index (κ1) is 22.6. The summed E-state index contributed by atoms with van der Waals surface area (Å²) in [4.78, 5) is 23.4. The van der Waals surface area contributed by atoms with Gasteiger partial charge in [-0.25, -0.2) is 9.37 Å². The molecule has 34 heavy (non-hydrogen) atoms. The van der Waals surface area contributed by atoms with Crippen LogP contribution in [0.2, 0.25) is 5.02 Å². The van der Waals surface area contributed by atoms with Crippen LogP contribution >= 0.6 is 11.6 Å². The van der Waals surface area contributed by atoms with Crippen LogP contribution in [0, 0.1) is 12.7 Å². The number of aromatic nitrogens is 2. The van der Waals surface area contributed by atoms with E-state index >= 15 is 0 Å². The number of nitrogens with zero attached hydrogens (tertiary/aromatic N) is 2. The topological polar surface area (TPSA) is 73.0 Å². The zero-order chi connectivity index (χ0) is 23.8. The molecule has 1 aromatic heterocycles. The van der Waals surface area contributed by atoms with E-state index < -0.39 is 5.82 Å².